The highest BCUT2D eigenvalue weighted by molar-refractivity contribution is 7.12. The number of benzene rings is 1. The third kappa shape index (κ3) is 4.08. The maximum Gasteiger partial charge on any atom is 0.341 e. The number of aryl methyl sites for hydroxylation is 1. The number of hydrogen-bond acceptors (Lipinski definition) is 4. The number of ether oxygens (including phenoxy) is 1. The van der Waals surface area contributed by atoms with E-state index in [2.05, 4.69) is 5.32 Å². The molecule has 0 spiro atoms. The molecule has 2 aromatic rings. The smallest absolute Gasteiger partial charge is 0.341 e. The Morgan fingerprint density at radius 2 is 1.95 bits per heavy atom. The lowest BCUT2D eigenvalue weighted by molar-refractivity contribution is -0.139. The number of rotatable bonds is 6. The lowest BCUT2D eigenvalue weighted by Gasteiger charge is -2.14. The first-order chi connectivity index (χ1) is 10.5. The van der Waals surface area contributed by atoms with E-state index in [1.54, 1.807) is 12.1 Å². The fourth-order valence-corrected chi connectivity index (χ4v) is 2.78. The number of aliphatic carboxylic acids is 1. The van der Waals surface area contributed by atoms with Gasteiger partial charge in [-0.15, -0.1) is 11.3 Å². The number of nitrogens with one attached hydrogen (secondary N) is 1. The molecule has 1 aromatic heterocycles. The minimum atomic E-state index is -1.02. The van der Waals surface area contributed by atoms with Gasteiger partial charge in [0.1, 0.15) is 5.75 Å². The minimum Gasteiger partial charge on any atom is -0.482 e. The molecule has 2 N–H and O–H groups in total. The summed E-state index contributed by atoms with van der Waals surface area (Å²) in [6, 6.07) is 8.77. The molecule has 1 amide bonds. The fraction of sp³-hybridized carbons (Fsp3) is 0.250. The topological polar surface area (TPSA) is 75.6 Å². The Hall–Kier alpha value is -2.34. The molecule has 22 heavy (non-hydrogen) atoms. The van der Waals surface area contributed by atoms with Crippen LogP contribution in [0.4, 0.5) is 0 Å². The highest BCUT2D eigenvalue weighted by Crippen LogP contribution is 2.20. The van der Waals surface area contributed by atoms with Crippen LogP contribution in [0.2, 0.25) is 0 Å². The second-order valence-electron chi connectivity index (χ2n) is 4.88. The van der Waals surface area contributed by atoms with Crippen LogP contribution < -0.4 is 10.1 Å². The largest absolute Gasteiger partial charge is 0.482 e. The molecule has 0 bridgehead atoms. The quantitative estimate of drug-likeness (QED) is 0.858. The first-order valence-corrected chi connectivity index (χ1v) is 7.65. The SMILES string of the molecule is Cc1ccsc1C(=O)N[C@H](C)c1ccc(OCC(=O)O)cc1. The van der Waals surface area contributed by atoms with E-state index >= 15 is 0 Å². The molecule has 0 aliphatic carbocycles. The highest BCUT2D eigenvalue weighted by Gasteiger charge is 2.14. The zero-order chi connectivity index (χ0) is 16.1. The van der Waals surface area contributed by atoms with Gasteiger partial charge < -0.3 is 15.2 Å². The molecule has 2 rings (SSSR count). The molecule has 0 saturated heterocycles. The molecule has 1 heterocycles. The summed E-state index contributed by atoms with van der Waals surface area (Å²) in [4.78, 5) is 23.3. The summed E-state index contributed by atoms with van der Waals surface area (Å²) in [7, 11) is 0. The van der Waals surface area contributed by atoms with Gasteiger partial charge in [0.25, 0.3) is 5.91 Å². The number of amides is 1. The summed E-state index contributed by atoms with van der Waals surface area (Å²) in [5.74, 6) is -0.624. The van der Waals surface area contributed by atoms with E-state index < -0.39 is 5.97 Å². The van der Waals surface area contributed by atoms with Gasteiger partial charge in [0.05, 0.1) is 10.9 Å². The second-order valence-corrected chi connectivity index (χ2v) is 5.80. The lowest BCUT2D eigenvalue weighted by atomic mass is 10.1. The maximum atomic E-state index is 12.2. The van der Waals surface area contributed by atoms with E-state index in [-0.39, 0.29) is 18.6 Å². The van der Waals surface area contributed by atoms with Crippen molar-refractivity contribution in [2.24, 2.45) is 0 Å². The van der Waals surface area contributed by atoms with Crippen LogP contribution in [0.5, 0.6) is 5.75 Å². The van der Waals surface area contributed by atoms with Crippen LogP contribution in [0.25, 0.3) is 0 Å². The van der Waals surface area contributed by atoms with Crippen LogP contribution in [0.1, 0.15) is 33.8 Å². The van der Waals surface area contributed by atoms with Crippen molar-refractivity contribution in [1.82, 2.24) is 5.32 Å². The Morgan fingerprint density at radius 1 is 1.27 bits per heavy atom. The van der Waals surface area contributed by atoms with Gasteiger partial charge in [-0.05, 0) is 48.6 Å². The van der Waals surface area contributed by atoms with E-state index in [1.165, 1.54) is 11.3 Å². The monoisotopic (exact) mass is 319 g/mol. The van der Waals surface area contributed by atoms with E-state index in [0.717, 1.165) is 11.1 Å². The van der Waals surface area contributed by atoms with Crippen LogP contribution in [-0.2, 0) is 4.79 Å². The van der Waals surface area contributed by atoms with Crippen LogP contribution in [-0.4, -0.2) is 23.6 Å². The molecule has 0 unspecified atom stereocenters. The number of thiophene rings is 1. The molecule has 0 aliphatic heterocycles. The summed E-state index contributed by atoms with van der Waals surface area (Å²) in [5.41, 5.74) is 1.89. The summed E-state index contributed by atoms with van der Waals surface area (Å²) in [5, 5.41) is 13.4. The normalized spacial score (nSPS) is 11.7. The second kappa shape index (κ2) is 7.09. The summed E-state index contributed by atoms with van der Waals surface area (Å²) < 4.78 is 5.07. The molecule has 0 fully saturated rings. The highest BCUT2D eigenvalue weighted by atomic mass is 32.1. The van der Waals surface area contributed by atoms with Crippen molar-refractivity contribution < 1.29 is 19.4 Å². The molecule has 0 saturated carbocycles. The van der Waals surface area contributed by atoms with Gasteiger partial charge in [-0.25, -0.2) is 4.79 Å². The summed E-state index contributed by atoms with van der Waals surface area (Å²) in [6.07, 6.45) is 0. The van der Waals surface area contributed by atoms with E-state index in [0.29, 0.717) is 10.6 Å². The Balaban J connectivity index is 1.98. The van der Waals surface area contributed by atoms with Gasteiger partial charge in [-0.1, -0.05) is 12.1 Å². The first kappa shape index (κ1) is 16.0. The van der Waals surface area contributed by atoms with Crippen molar-refractivity contribution in [1.29, 1.82) is 0 Å². The van der Waals surface area contributed by atoms with Crippen molar-refractivity contribution in [2.45, 2.75) is 19.9 Å². The molecule has 5 nitrogen and oxygen atoms in total. The summed E-state index contributed by atoms with van der Waals surface area (Å²) in [6.45, 7) is 3.43. The number of carbonyl (C=O) groups excluding carboxylic acids is 1. The molecule has 1 atom stereocenters. The van der Waals surface area contributed by atoms with Gasteiger partial charge >= 0.3 is 5.97 Å². The first-order valence-electron chi connectivity index (χ1n) is 6.77. The molecule has 116 valence electrons. The van der Waals surface area contributed by atoms with Gasteiger partial charge in [-0.3, -0.25) is 4.79 Å². The number of carboxylic acids is 1. The van der Waals surface area contributed by atoms with Crippen LogP contribution in [0.3, 0.4) is 0 Å². The van der Waals surface area contributed by atoms with Gasteiger partial charge in [-0.2, -0.15) is 0 Å². The number of hydrogen-bond donors (Lipinski definition) is 2. The van der Waals surface area contributed by atoms with Crippen LogP contribution in [0, 0.1) is 6.92 Å². The van der Waals surface area contributed by atoms with E-state index in [4.69, 9.17) is 9.84 Å². The zero-order valence-electron chi connectivity index (χ0n) is 12.3. The molecular formula is C16H17NO4S. The maximum absolute atomic E-state index is 12.2. The number of carbonyl (C=O) groups is 2. The Morgan fingerprint density at radius 3 is 2.50 bits per heavy atom. The van der Waals surface area contributed by atoms with Gasteiger partial charge in [0, 0.05) is 0 Å². The summed E-state index contributed by atoms with van der Waals surface area (Å²) >= 11 is 1.42. The molecular weight excluding hydrogens is 302 g/mol. The van der Waals surface area contributed by atoms with Crippen molar-refractivity contribution in [3.63, 3.8) is 0 Å². The van der Waals surface area contributed by atoms with E-state index in [1.807, 2.05) is 37.4 Å². The van der Waals surface area contributed by atoms with Gasteiger partial charge in [0.2, 0.25) is 0 Å². The van der Waals surface area contributed by atoms with Crippen molar-refractivity contribution >= 4 is 23.2 Å². The average molecular weight is 319 g/mol. The third-order valence-electron chi connectivity index (χ3n) is 3.16. The predicted octanol–water partition coefficient (Wildman–Crippen LogP) is 3.01. The lowest BCUT2D eigenvalue weighted by Crippen LogP contribution is -2.26. The van der Waals surface area contributed by atoms with Crippen LogP contribution in [0.15, 0.2) is 35.7 Å². The molecule has 0 aliphatic rings. The van der Waals surface area contributed by atoms with Crippen LogP contribution >= 0.6 is 11.3 Å². The third-order valence-corrected chi connectivity index (χ3v) is 4.17. The zero-order valence-corrected chi connectivity index (χ0v) is 13.1. The molecule has 6 heteroatoms. The van der Waals surface area contributed by atoms with Gasteiger partial charge in [0.15, 0.2) is 6.61 Å². The minimum absolute atomic E-state index is 0.0915. The molecule has 0 radical (unpaired) electrons. The Kier molecular flexibility index (Phi) is 5.16. The Labute approximate surface area is 132 Å². The Bertz CT molecular complexity index is 663. The number of carboxylic acid groups (broad SMARTS) is 1. The predicted molar refractivity (Wildman–Crippen MR) is 84.5 cm³/mol. The van der Waals surface area contributed by atoms with Crippen molar-refractivity contribution in [3.8, 4) is 5.75 Å². The van der Waals surface area contributed by atoms with E-state index in [9.17, 15) is 9.59 Å². The fourth-order valence-electron chi connectivity index (χ4n) is 1.95. The van der Waals surface area contributed by atoms with Crippen molar-refractivity contribution in [3.05, 3.63) is 51.7 Å². The van der Waals surface area contributed by atoms with Crippen molar-refractivity contribution in [2.75, 3.05) is 6.61 Å². The molecule has 1 aromatic carbocycles. The standard InChI is InChI=1S/C16H17NO4S/c1-10-7-8-22-15(10)16(20)17-11(2)12-3-5-13(6-4-12)21-9-14(18)19/h3-8,11H,9H2,1-2H3,(H,17,20)(H,18,19)/t11-/m1/s1. The average Bonchev–Trinajstić information content (AvgIpc) is 2.91.